The van der Waals surface area contributed by atoms with Crippen molar-refractivity contribution in [2.45, 2.75) is 27.0 Å². The zero-order valence-electron chi connectivity index (χ0n) is 17.6. The number of anilines is 1. The number of nitrogens with one attached hydrogen (secondary N) is 1. The number of benzene rings is 2. The smallest absolute Gasteiger partial charge is 0.292 e. The fourth-order valence-electron chi connectivity index (χ4n) is 3.12. The van der Waals surface area contributed by atoms with Crippen molar-refractivity contribution < 1.29 is 13.9 Å². The summed E-state index contributed by atoms with van der Waals surface area (Å²) < 4.78 is 13.1. The fourth-order valence-corrected chi connectivity index (χ4v) is 3.52. The van der Waals surface area contributed by atoms with Crippen LogP contribution in [-0.4, -0.2) is 15.7 Å². The topological polar surface area (TPSA) is 69.3 Å². The van der Waals surface area contributed by atoms with E-state index in [-0.39, 0.29) is 18.2 Å². The summed E-state index contributed by atoms with van der Waals surface area (Å²) >= 11 is 12.5. The molecule has 0 saturated carbocycles. The SMILES string of the molecule is Cc1ccc(C)c(OCc2ccc(C(=O)Nc3nn(Cc4ccccc4Cl)cc3Cl)o2)c1. The summed E-state index contributed by atoms with van der Waals surface area (Å²) in [4.78, 5) is 12.6. The first-order valence-corrected chi connectivity index (χ1v) is 10.7. The second kappa shape index (κ2) is 9.51. The first kappa shape index (κ1) is 22.0. The Balaban J connectivity index is 1.39. The number of nitrogens with zero attached hydrogens (tertiary/aromatic N) is 2. The van der Waals surface area contributed by atoms with E-state index in [2.05, 4.69) is 10.4 Å². The third-order valence-corrected chi connectivity index (χ3v) is 5.48. The van der Waals surface area contributed by atoms with Crippen molar-refractivity contribution in [2.75, 3.05) is 5.32 Å². The maximum Gasteiger partial charge on any atom is 0.292 e. The lowest BCUT2D eigenvalue weighted by Crippen LogP contribution is -2.12. The number of hydrogen-bond donors (Lipinski definition) is 1. The van der Waals surface area contributed by atoms with Crippen molar-refractivity contribution in [1.29, 1.82) is 0 Å². The second-order valence-corrected chi connectivity index (χ2v) is 8.21. The summed E-state index contributed by atoms with van der Waals surface area (Å²) in [5.74, 6) is 1.25. The number of furan rings is 1. The molecular formula is C24H21Cl2N3O3. The molecule has 0 aliphatic heterocycles. The van der Waals surface area contributed by atoms with Gasteiger partial charge in [0.25, 0.3) is 5.91 Å². The molecule has 4 aromatic rings. The van der Waals surface area contributed by atoms with E-state index in [1.165, 1.54) is 0 Å². The Labute approximate surface area is 195 Å². The number of amides is 1. The minimum atomic E-state index is -0.451. The molecule has 2 aromatic carbocycles. The molecule has 0 bridgehead atoms. The van der Waals surface area contributed by atoms with Gasteiger partial charge in [-0.05, 0) is 54.8 Å². The van der Waals surface area contributed by atoms with Crippen LogP contribution < -0.4 is 10.1 Å². The van der Waals surface area contributed by atoms with Crippen LogP contribution in [-0.2, 0) is 13.2 Å². The highest BCUT2D eigenvalue weighted by molar-refractivity contribution is 6.33. The van der Waals surface area contributed by atoms with Crippen molar-refractivity contribution in [1.82, 2.24) is 9.78 Å². The lowest BCUT2D eigenvalue weighted by atomic mass is 10.1. The summed E-state index contributed by atoms with van der Waals surface area (Å²) in [6, 6.07) is 16.8. The van der Waals surface area contributed by atoms with Gasteiger partial charge in [-0.15, -0.1) is 0 Å². The number of carbonyl (C=O) groups excluding carboxylic acids is 1. The predicted molar refractivity (Wildman–Crippen MR) is 125 cm³/mol. The van der Waals surface area contributed by atoms with Crippen LogP contribution in [0.5, 0.6) is 5.75 Å². The van der Waals surface area contributed by atoms with Crippen LogP contribution in [0.25, 0.3) is 0 Å². The number of halogens is 2. The van der Waals surface area contributed by atoms with E-state index in [0.717, 1.165) is 22.4 Å². The minimum Gasteiger partial charge on any atom is -0.485 e. The van der Waals surface area contributed by atoms with Gasteiger partial charge in [-0.3, -0.25) is 9.48 Å². The van der Waals surface area contributed by atoms with E-state index < -0.39 is 5.91 Å². The molecule has 4 rings (SSSR count). The number of rotatable bonds is 7. The Morgan fingerprint density at radius 3 is 2.72 bits per heavy atom. The molecule has 0 unspecified atom stereocenters. The van der Waals surface area contributed by atoms with Crippen molar-refractivity contribution in [3.05, 3.63) is 99.1 Å². The minimum absolute atomic E-state index is 0.140. The summed E-state index contributed by atoms with van der Waals surface area (Å²) in [7, 11) is 0. The molecule has 1 amide bonds. The first-order chi connectivity index (χ1) is 15.4. The Kier molecular flexibility index (Phi) is 6.53. The quantitative estimate of drug-likeness (QED) is 0.345. The maximum absolute atomic E-state index is 12.6. The Morgan fingerprint density at radius 1 is 1.09 bits per heavy atom. The van der Waals surface area contributed by atoms with E-state index in [4.69, 9.17) is 32.4 Å². The number of carbonyl (C=O) groups is 1. The van der Waals surface area contributed by atoms with E-state index in [1.807, 2.05) is 56.3 Å². The van der Waals surface area contributed by atoms with Crippen LogP contribution in [0, 0.1) is 13.8 Å². The summed E-state index contributed by atoms with van der Waals surface area (Å²) in [6.45, 7) is 4.62. The highest BCUT2D eigenvalue weighted by Crippen LogP contribution is 2.24. The zero-order valence-corrected chi connectivity index (χ0v) is 19.1. The van der Waals surface area contributed by atoms with Gasteiger partial charge in [0.05, 0.1) is 6.54 Å². The molecular weight excluding hydrogens is 449 g/mol. The van der Waals surface area contributed by atoms with Crippen molar-refractivity contribution in [2.24, 2.45) is 0 Å². The average Bonchev–Trinajstić information content (AvgIpc) is 3.37. The van der Waals surface area contributed by atoms with Crippen LogP contribution >= 0.6 is 23.2 Å². The standard InChI is InChI=1S/C24H21Cl2N3O3/c1-15-7-8-16(2)22(11-15)31-14-18-9-10-21(32-18)24(30)27-23-20(26)13-29(28-23)12-17-5-3-4-6-19(17)25/h3-11,13H,12,14H2,1-2H3,(H,27,28,30). The molecule has 0 radical (unpaired) electrons. The van der Waals surface area contributed by atoms with Gasteiger partial charge in [0.15, 0.2) is 11.6 Å². The van der Waals surface area contributed by atoms with Gasteiger partial charge in [0.2, 0.25) is 0 Å². The second-order valence-electron chi connectivity index (χ2n) is 7.39. The van der Waals surface area contributed by atoms with E-state index >= 15 is 0 Å². The average molecular weight is 470 g/mol. The monoisotopic (exact) mass is 469 g/mol. The molecule has 0 spiro atoms. The van der Waals surface area contributed by atoms with Gasteiger partial charge < -0.3 is 14.5 Å². The molecule has 164 valence electrons. The fraction of sp³-hybridized carbons (Fsp3) is 0.167. The molecule has 0 aliphatic rings. The van der Waals surface area contributed by atoms with Crippen LogP contribution in [0.2, 0.25) is 10.0 Å². The van der Waals surface area contributed by atoms with Gasteiger partial charge in [0.1, 0.15) is 23.1 Å². The lowest BCUT2D eigenvalue weighted by molar-refractivity contribution is 0.0992. The number of aromatic nitrogens is 2. The Morgan fingerprint density at radius 2 is 1.91 bits per heavy atom. The molecule has 0 aliphatic carbocycles. The van der Waals surface area contributed by atoms with Gasteiger partial charge in [-0.2, -0.15) is 5.10 Å². The molecule has 6 nitrogen and oxygen atoms in total. The molecule has 2 heterocycles. The van der Waals surface area contributed by atoms with Crippen LogP contribution in [0.3, 0.4) is 0 Å². The van der Waals surface area contributed by atoms with Crippen LogP contribution in [0.4, 0.5) is 5.82 Å². The molecule has 1 N–H and O–H groups in total. The maximum atomic E-state index is 12.6. The number of ether oxygens (including phenoxy) is 1. The third kappa shape index (κ3) is 5.15. The number of aryl methyl sites for hydroxylation is 2. The Hall–Kier alpha value is -3.22. The van der Waals surface area contributed by atoms with Gasteiger partial charge in [-0.1, -0.05) is 53.5 Å². The predicted octanol–water partition coefficient (Wildman–Crippen LogP) is 6.28. The van der Waals surface area contributed by atoms with Crippen molar-refractivity contribution in [3.8, 4) is 5.75 Å². The molecule has 0 saturated heterocycles. The summed E-state index contributed by atoms with van der Waals surface area (Å²) in [5.41, 5.74) is 3.03. The van der Waals surface area contributed by atoms with E-state index in [1.54, 1.807) is 23.0 Å². The summed E-state index contributed by atoms with van der Waals surface area (Å²) in [6.07, 6.45) is 1.63. The molecule has 0 atom stereocenters. The zero-order chi connectivity index (χ0) is 22.7. The highest BCUT2D eigenvalue weighted by atomic mass is 35.5. The normalized spacial score (nSPS) is 10.9. The largest absolute Gasteiger partial charge is 0.485 e. The van der Waals surface area contributed by atoms with Crippen LogP contribution in [0.1, 0.15) is 33.0 Å². The number of hydrogen-bond acceptors (Lipinski definition) is 4. The molecule has 2 aromatic heterocycles. The molecule has 8 heteroatoms. The lowest BCUT2D eigenvalue weighted by Gasteiger charge is -2.08. The van der Waals surface area contributed by atoms with E-state index in [9.17, 15) is 4.79 Å². The van der Waals surface area contributed by atoms with Crippen LogP contribution in [0.15, 0.2) is 65.2 Å². The molecule has 32 heavy (non-hydrogen) atoms. The van der Waals surface area contributed by atoms with Crippen molar-refractivity contribution >= 4 is 34.9 Å². The summed E-state index contributed by atoms with van der Waals surface area (Å²) in [5, 5.41) is 7.97. The molecule has 0 fully saturated rings. The third-order valence-electron chi connectivity index (χ3n) is 4.84. The van der Waals surface area contributed by atoms with Gasteiger partial charge in [0, 0.05) is 11.2 Å². The van der Waals surface area contributed by atoms with Gasteiger partial charge in [-0.25, -0.2) is 0 Å². The van der Waals surface area contributed by atoms with Crippen molar-refractivity contribution in [3.63, 3.8) is 0 Å². The highest BCUT2D eigenvalue weighted by Gasteiger charge is 2.16. The Bertz CT molecular complexity index is 1260. The first-order valence-electron chi connectivity index (χ1n) is 9.95. The van der Waals surface area contributed by atoms with Gasteiger partial charge >= 0.3 is 0 Å². The van der Waals surface area contributed by atoms with E-state index in [0.29, 0.717) is 22.4 Å².